The number of nitrogens with one attached hydrogen (secondary N) is 1. The minimum absolute atomic E-state index is 0.0393. The van der Waals surface area contributed by atoms with Crippen molar-refractivity contribution in [2.24, 2.45) is 12.8 Å². The van der Waals surface area contributed by atoms with E-state index >= 15 is 0 Å². The molecule has 4 heterocycles. The van der Waals surface area contributed by atoms with Crippen LogP contribution in [0.4, 0.5) is 11.5 Å². The van der Waals surface area contributed by atoms with Crippen molar-refractivity contribution in [1.29, 1.82) is 0 Å². The molecule has 3 N–H and O–H groups in total. The number of hydrogen-bond donors (Lipinski definition) is 2. The maximum absolute atomic E-state index is 13.1. The van der Waals surface area contributed by atoms with Crippen LogP contribution in [0.1, 0.15) is 25.6 Å². The third-order valence-electron chi connectivity index (χ3n) is 6.48. The summed E-state index contributed by atoms with van der Waals surface area (Å²) in [5.41, 5.74) is 6.71. The Hall–Kier alpha value is -3.68. The molecule has 2 aliphatic heterocycles. The molecule has 0 amide bonds. The highest BCUT2D eigenvalue weighted by molar-refractivity contribution is 5.77. The molecule has 5 rings (SSSR count). The number of hydrogen-bond acceptors (Lipinski definition) is 8. The van der Waals surface area contributed by atoms with Crippen LogP contribution in [-0.4, -0.2) is 56.4 Å². The molecule has 3 aromatic rings. The molecule has 10 nitrogen and oxygen atoms in total. The Morgan fingerprint density at radius 2 is 2.06 bits per heavy atom. The number of aromatic nitrogens is 4. The summed E-state index contributed by atoms with van der Waals surface area (Å²) >= 11 is 0. The van der Waals surface area contributed by atoms with Crippen LogP contribution in [0.2, 0.25) is 0 Å². The first kappa shape index (κ1) is 22.1. The van der Waals surface area contributed by atoms with Gasteiger partial charge in [-0.25, -0.2) is 14.8 Å². The van der Waals surface area contributed by atoms with E-state index in [1.54, 1.807) is 20.2 Å². The summed E-state index contributed by atoms with van der Waals surface area (Å²) in [5.74, 6) is 7.17. The molecule has 1 unspecified atom stereocenters. The number of nitrogens with zero attached hydrogens (tertiary/aromatic N) is 6. The maximum Gasteiger partial charge on any atom is 0.329 e. The van der Waals surface area contributed by atoms with Crippen molar-refractivity contribution in [1.82, 2.24) is 24.4 Å². The zero-order valence-corrected chi connectivity index (χ0v) is 19.4. The molecule has 0 aliphatic carbocycles. The minimum Gasteiger partial charge on any atom is -0.327 e. The molecular formula is C24H28N8O2. The largest absolute Gasteiger partial charge is 0.329 e. The smallest absolute Gasteiger partial charge is 0.327 e. The number of anilines is 2. The first-order chi connectivity index (χ1) is 16.5. The molecule has 1 fully saturated rings. The minimum atomic E-state index is -0.467. The summed E-state index contributed by atoms with van der Waals surface area (Å²) in [5, 5.41) is 0.954. The van der Waals surface area contributed by atoms with Gasteiger partial charge in [-0.05, 0) is 25.8 Å². The lowest BCUT2D eigenvalue weighted by Crippen LogP contribution is -2.60. The van der Waals surface area contributed by atoms with Crippen LogP contribution >= 0.6 is 0 Å². The van der Waals surface area contributed by atoms with Crippen molar-refractivity contribution in [2.45, 2.75) is 38.6 Å². The molecular weight excluding hydrogens is 432 g/mol. The Bertz CT molecular complexity index is 1400. The topological polar surface area (TPSA) is 116 Å². The lowest BCUT2D eigenvalue weighted by atomic mass is 10.1. The third-order valence-corrected chi connectivity index (χ3v) is 6.48. The number of H-pyrrole nitrogens is 1. The van der Waals surface area contributed by atoms with Crippen LogP contribution in [0.5, 0.6) is 0 Å². The van der Waals surface area contributed by atoms with Gasteiger partial charge in [0.1, 0.15) is 17.3 Å². The number of likely N-dealkylation sites (tertiary alicyclic amines) is 1. The van der Waals surface area contributed by atoms with E-state index in [1.807, 2.05) is 34.1 Å². The van der Waals surface area contributed by atoms with E-state index in [2.05, 4.69) is 26.7 Å². The molecule has 0 saturated carbocycles. The molecule has 2 atom stereocenters. The fourth-order valence-corrected chi connectivity index (χ4v) is 4.94. The predicted octanol–water partition coefficient (Wildman–Crippen LogP) is 0.573. The summed E-state index contributed by atoms with van der Waals surface area (Å²) in [6.45, 7) is 3.94. The van der Waals surface area contributed by atoms with Crippen LogP contribution in [-0.2, 0) is 13.6 Å². The molecule has 0 spiro atoms. The molecule has 2 aliphatic rings. The lowest BCUT2D eigenvalue weighted by Gasteiger charge is -2.43. The van der Waals surface area contributed by atoms with Crippen molar-refractivity contribution in [3.8, 4) is 11.8 Å². The SMILES string of the molecule is CC#CCN1c2c(n(C)c(=O)[nH]c2=O)N(Cc2ncc3ccccc3n2)C1N1CCC[C@@H](N)C1. The second kappa shape index (κ2) is 8.93. The van der Waals surface area contributed by atoms with Crippen molar-refractivity contribution < 1.29 is 0 Å². The highest BCUT2D eigenvalue weighted by atomic mass is 16.2. The van der Waals surface area contributed by atoms with Crippen molar-refractivity contribution in [2.75, 3.05) is 29.4 Å². The quantitative estimate of drug-likeness (QED) is 0.543. The first-order valence-electron chi connectivity index (χ1n) is 11.4. The summed E-state index contributed by atoms with van der Waals surface area (Å²) in [4.78, 5) is 43.7. The summed E-state index contributed by atoms with van der Waals surface area (Å²) in [6, 6.07) is 7.85. The molecule has 1 saturated heterocycles. The highest BCUT2D eigenvalue weighted by Crippen LogP contribution is 2.38. The monoisotopic (exact) mass is 460 g/mol. The average molecular weight is 461 g/mol. The van der Waals surface area contributed by atoms with E-state index in [-0.39, 0.29) is 12.3 Å². The first-order valence-corrected chi connectivity index (χ1v) is 11.4. The van der Waals surface area contributed by atoms with Crippen LogP contribution in [0.3, 0.4) is 0 Å². The molecule has 0 bridgehead atoms. The van der Waals surface area contributed by atoms with Crippen LogP contribution < -0.4 is 26.8 Å². The number of fused-ring (bicyclic) bond motifs is 2. The average Bonchev–Trinajstić information content (AvgIpc) is 3.15. The number of benzene rings is 1. The fourth-order valence-electron chi connectivity index (χ4n) is 4.94. The molecule has 34 heavy (non-hydrogen) atoms. The predicted molar refractivity (Wildman–Crippen MR) is 131 cm³/mol. The van der Waals surface area contributed by atoms with Gasteiger partial charge in [-0.1, -0.05) is 24.1 Å². The van der Waals surface area contributed by atoms with Gasteiger partial charge in [-0.3, -0.25) is 19.2 Å². The second-order valence-electron chi connectivity index (χ2n) is 8.76. The van der Waals surface area contributed by atoms with Gasteiger partial charge < -0.3 is 15.5 Å². The van der Waals surface area contributed by atoms with E-state index in [4.69, 9.17) is 10.7 Å². The summed E-state index contributed by atoms with van der Waals surface area (Å²) < 4.78 is 1.48. The molecule has 1 aromatic carbocycles. The van der Waals surface area contributed by atoms with Crippen LogP contribution in [0.15, 0.2) is 40.1 Å². The third kappa shape index (κ3) is 3.83. The second-order valence-corrected chi connectivity index (χ2v) is 8.76. The van der Waals surface area contributed by atoms with Gasteiger partial charge in [0.15, 0.2) is 6.29 Å². The lowest BCUT2D eigenvalue weighted by molar-refractivity contribution is 0.145. The van der Waals surface area contributed by atoms with Gasteiger partial charge in [-0.15, -0.1) is 5.92 Å². The number of piperidine rings is 1. The van der Waals surface area contributed by atoms with Crippen molar-refractivity contribution >= 4 is 22.4 Å². The van der Waals surface area contributed by atoms with Crippen LogP contribution in [0.25, 0.3) is 10.9 Å². The summed E-state index contributed by atoms with van der Waals surface area (Å²) in [6.07, 6.45) is 3.37. The molecule has 0 radical (unpaired) electrons. The highest BCUT2D eigenvalue weighted by Gasteiger charge is 2.44. The Balaban J connectivity index is 1.65. The zero-order valence-electron chi connectivity index (χ0n) is 19.4. The standard InChI is InChI=1S/C24H28N8O2/c1-3-4-12-31-20-21(33)28-23(34)29(2)22(20)32(24(31)30-11-7-9-17(25)14-30)15-19-26-13-16-8-5-6-10-18(16)27-19/h5-6,8,10,13,17,24H,7,9,11-12,14-15,25H2,1-2H3,(H,28,33,34)/t17-,24?/m1/s1. The van der Waals surface area contributed by atoms with Gasteiger partial charge in [0, 0.05) is 37.8 Å². The van der Waals surface area contributed by atoms with Gasteiger partial charge in [0.05, 0.1) is 18.6 Å². The Kier molecular flexibility index (Phi) is 5.81. The number of nitrogens with two attached hydrogens (primary N) is 1. The van der Waals surface area contributed by atoms with Crippen LogP contribution in [0, 0.1) is 11.8 Å². The van der Waals surface area contributed by atoms with Gasteiger partial charge in [-0.2, -0.15) is 0 Å². The van der Waals surface area contributed by atoms with Gasteiger partial charge in [0.2, 0.25) is 0 Å². The zero-order chi connectivity index (χ0) is 23.8. The van der Waals surface area contributed by atoms with E-state index in [0.717, 1.165) is 30.3 Å². The van der Waals surface area contributed by atoms with E-state index in [9.17, 15) is 9.59 Å². The van der Waals surface area contributed by atoms with Gasteiger partial charge >= 0.3 is 5.69 Å². The number of aromatic amines is 1. The normalized spacial score (nSPS) is 20.3. The maximum atomic E-state index is 13.1. The molecule has 10 heteroatoms. The van der Waals surface area contributed by atoms with Gasteiger partial charge in [0.25, 0.3) is 5.56 Å². The van der Waals surface area contributed by atoms with E-state index < -0.39 is 11.2 Å². The Morgan fingerprint density at radius 3 is 2.85 bits per heavy atom. The molecule has 176 valence electrons. The van der Waals surface area contributed by atoms with Crippen molar-refractivity contribution in [3.05, 3.63) is 57.1 Å². The van der Waals surface area contributed by atoms with Crippen molar-refractivity contribution in [3.63, 3.8) is 0 Å². The number of para-hydroxylation sites is 1. The number of rotatable bonds is 4. The van der Waals surface area contributed by atoms with E-state index in [0.29, 0.717) is 37.0 Å². The fraction of sp³-hybridized carbons (Fsp3) is 0.417. The summed E-state index contributed by atoms with van der Waals surface area (Å²) in [7, 11) is 1.67. The Morgan fingerprint density at radius 1 is 1.24 bits per heavy atom. The van der Waals surface area contributed by atoms with E-state index in [1.165, 1.54) is 4.57 Å². The Labute approximate surface area is 197 Å². The molecule has 2 aromatic heterocycles.